The second-order valence-electron chi connectivity index (χ2n) is 8.20. The van der Waals surface area contributed by atoms with Crippen LogP contribution in [0, 0.1) is 9.49 Å². The van der Waals surface area contributed by atoms with Crippen LogP contribution in [-0.2, 0) is 26.2 Å². The molecule has 0 amide bonds. The van der Waals surface area contributed by atoms with E-state index in [-0.39, 0.29) is 29.4 Å². The van der Waals surface area contributed by atoms with Crippen LogP contribution in [-0.4, -0.2) is 48.7 Å². The van der Waals surface area contributed by atoms with E-state index in [0.29, 0.717) is 17.5 Å². The van der Waals surface area contributed by atoms with Gasteiger partial charge in [0.25, 0.3) is 0 Å². The summed E-state index contributed by atoms with van der Waals surface area (Å²) >= 11 is 2.33. The summed E-state index contributed by atoms with van der Waals surface area (Å²) in [6, 6.07) is 2.27. The molecule has 2 aliphatic carbocycles. The number of ether oxygens (including phenoxy) is 3. The van der Waals surface area contributed by atoms with E-state index >= 15 is 0 Å². The molecule has 4 aliphatic rings. The fraction of sp³-hybridized carbons (Fsp3) is 0.524. The zero-order valence-corrected chi connectivity index (χ0v) is 18.2. The van der Waals surface area contributed by atoms with Gasteiger partial charge in [-0.15, -0.1) is 0 Å². The molecule has 1 saturated heterocycles. The highest BCUT2D eigenvalue weighted by Gasteiger charge is 2.65. The largest absolute Gasteiger partial charge is 0.481 e. The maximum absolute atomic E-state index is 11.7. The average Bonchev–Trinajstić information content (AvgIpc) is 2.96. The smallest absolute Gasteiger partial charge is 0.308 e. The minimum absolute atomic E-state index is 0.259. The first kappa shape index (κ1) is 18.4. The zero-order valence-electron chi connectivity index (χ0n) is 16.0. The molecule has 6 nitrogen and oxygen atoms in total. The third-order valence-corrected chi connectivity index (χ3v) is 7.71. The predicted molar refractivity (Wildman–Crippen MR) is 109 cm³/mol. The molecular formula is C21H22INO5. The third-order valence-electron chi connectivity index (χ3n) is 6.75. The lowest BCUT2D eigenvalue weighted by atomic mass is 9.53. The van der Waals surface area contributed by atoms with Gasteiger partial charge in [-0.3, -0.25) is 9.59 Å². The SMILES string of the molecule is CC(=O)Oc1cc(I)c2c3c1O[C@H]1[C@@H](OC(C)=O)C=CC4[C@@H](C2)N(C)CC[C@@]341. The molecule has 1 aromatic rings. The number of carbonyl (C=O) groups is 2. The number of hydrogen-bond acceptors (Lipinski definition) is 6. The first-order chi connectivity index (χ1) is 13.3. The van der Waals surface area contributed by atoms with E-state index in [1.807, 2.05) is 12.1 Å². The van der Waals surface area contributed by atoms with Gasteiger partial charge < -0.3 is 19.1 Å². The Bertz CT molecular complexity index is 928. The van der Waals surface area contributed by atoms with Gasteiger partial charge in [0.1, 0.15) is 6.10 Å². The van der Waals surface area contributed by atoms with E-state index < -0.39 is 6.10 Å². The van der Waals surface area contributed by atoms with Gasteiger partial charge in [-0.1, -0.05) is 6.08 Å². The van der Waals surface area contributed by atoms with Crippen molar-refractivity contribution in [3.8, 4) is 11.5 Å². The molecule has 0 aromatic heterocycles. The van der Waals surface area contributed by atoms with E-state index in [1.54, 1.807) is 0 Å². The summed E-state index contributed by atoms with van der Waals surface area (Å²) in [4.78, 5) is 25.9. The molecule has 2 bridgehead atoms. The van der Waals surface area contributed by atoms with Gasteiger partial charge in [0.15, 0.2) is 17.6 Å². The van der Waals surface area contributed by atoms with E-state index in [1.165, 1.54) is 19.4 Å². The van der Waals surface area contributed by atoms with Gasteiger partial charge in [-0.05, 0) is 66.7 Å². The summed E-state index contributed by atoms with van der Waals surface area (Å²) in [7, 11) is 2.18. The lowest BCUT2D eigenvalue weighted by molar-refractivity contribution is -0.152. The molecular weight excluding hydrogens is 473 g/mol. The molecule has 148 valence electrons. The summed E-state index contributed by atoms with van der Waals surface area (Å²) in [5.41, 5.74) is 2.18. The van der Waals surface area contributed by atoms with E-state index in [0.717, 1.165) is 28.5 Å². The van der Waals surface area contributed by atoms with Gasteiger partial charge in [0, 0.05) is 40.4 Å². The summed E-state index contributed by atoms with van der Waals surface area (Å²) in [5.74, 6) is 0.715. The molecule has 5 rings (SSSR count). The van der Waals surface area contributed by atoms with Gasteiger partial charge in [-0.2, -0.15) is 0 Å². The molecule has 28 heavy (non-hydrogen) atoms. The highest BCUT2D eigenvalue weighted by atomic mass is 127. The van der Waals surface area contributed by atoms with Crippen molar-refractivity contribution in [3.63, 3.8) is 0 Å². The quantitative estimate of drug-likeness (QED) is 0.272. The highest BCUT2D eigenvalue weighted by Crippen LogP contribution is 2.63. The van der Waals surface area contributed by atoms with Crippen molar-refractivity contribution < 1.29 is 23.8 Å². The van der Waals surface area contributed by atoms with E-state index in [9.17, 15) is 9.59 Å². The number of likely N-dealkylation sites (tertiary alicyclic amines) is 1. The van der Waals surface area contributed by atoms with Crippen molar-refractivity contribution in [2.24, 2.45) is 5.92 Å². The van der Waals surface area contributed by atoms with Gasteiger partial charge in [0.05, 0.1) is 0 Å². The number of piperidine rings is 1. The number of nitrogens with zero attached hydrogens (tertiary/aromatic N) is 1. The van der Waals surface area contributed by atoms with Crippen LogP contribution in [0.25, 0.3) is 0 Å². The number of rotatable bonds is 2. The molecule has 2 aliphatic heterocycles. The van der Waals surface area contributed by atoms with Crippen LogP contribution in [0.15, 0.2) is 18.2 Å². The molecule has 1 fully saturated rings. The number of esters is 2. The van der Waals surface area contributed by atoms with Crippen LogP contribution in [0.3, 0.4) is 0 Å². The molecule has 0 saturated carbocycles. The second-order valence-corrected chi connectivity index (χ2v) is 9.36. The zero-order chi connectivity index (χ0) is 19.8. The van der Waals surface area contributed by atoms with Crippen LogP contribution in [0.4, 0.5) is 0 Å². The Balaban J connectivity index is 1.75. The Morgan fingerprint density at radius 1 is 1.29 bits per heavy atom. The van der Waals surface area contributed by atoms with Crippen molar-refractivity contribution in [2.45, 2.75) is 50.4 Å². The van der Waals surface area contributed by atoms with Gasteiger partial charge in [-0.25, -0.2) is 0 Å². The van der Waals surface area contributed by atoms with Crippen LogP contribution in [0.5, 0.6) is 11.5 Å². The normalized spacial score (nSPS) is 34.4. The fourth-order valence-electron chi connectivity index (χ4n) is 5.77. The summed E-state index contributed by atoms with van der Waals surface area (Å²) < 4.78 is 18.7. The van der Waals surface area contributed by atoms with E-state index in [4.69, 9.17) is 14.2 Å². The minimum atomic E-state index is -0.445. The molecule has 1 aromatic carbocycles. The Morgan fingerprint density at radius 3 is 2.79 bits per heavy atom. The molecule has 7 heteroatoms. The topological polar surface area (TPSA) is 65.1 Å². The second kappa shape index (κ2) is 6.19. The molecule has 0 radical (unpaired) electrons. The molecule has 1 spiro atoms. The van der Waals surface area contributed by atoms with Crippen molar-refractivity contribution in [1.82, 2.24) is 4.90 Å². The summed E-state index contributed by atoms with van der Waals surface area (Å²) in [6.45, 7) is 3.78. The molecule has 2 heterocycles. The third kappa shape index (κ3) is 2.35. The van der Waals surface area contributed by atoms with Gasteiger partial charge >= 0.3 is 11.9 Å². The maximum Gasteiger partial charge on any atom is 0.308 e. The number of hydrogen-bond donors (Lipinski definition) is 0. The standard InChI is InChI=1S/C21H22INO5/c1-10(24)26-16-5-4-13-15-8-12-14(22)9-17(27-11(2)25)19-18(12)21(13,20(16)28-19)6-7-23(15)3/h4-5,9,13,15-16,20H,6-8H2,1-3H3/t13?,15-,16+,20+,21+/m1/s1. The maximum atomic E-state index is 11.7. The van der Waals surface area contributed by atoms with Crippen molar-refractivity contribution >= 4 is 34.5 Å². The number of halogens is 1. The van der Waals surface area contributed by atoms with Gasteiger partial charge in [0.2, 0.25) is 0 Å². The van der Waals surface area contributed by atoms with Crippen LogP contribution in [0.2, 0.25) is 0 Å². The fourth-order valence-corrected chi connectivity index (χ4v) is 6.54. The highest BCUT2D eigenvalue weighted by molar-refractivity contribution is 14.1. The predicted octanol–water partition coefficient (Wildman–Crippen LogP) is 2.59. The van der Waals surface area contributed by atoms with Crippen LogP contribution >= 0.6 is 22.6 Å². The Labute approximate surface area is 177 Å². The van der Waals surface area contributed by atoms with Crippen molar-refractivity contribution in [2.75, 3.05) is 13.6 Å². The molecule has 1 unspecified atom stereocenters. The van der Waals surface area contributed by atoms with Crippen LogP contribution in [0.1, 0.15) is 31.4 Å². The number of benzene rings is 1. The Kier molecular flexibility index (Phi) is 4.07. The van der Waals surface area contributed by atoms with Crippen molar-refractivity contribution in [3.05, 3.63) is 32.9 Å². The summed E-state index contributed by atoms with van der Waals surface area (Å²) in [5, 5.41) is 0. The number of likely N-dealkylation sites (N-methyl/N-ethyl adjacent to an activating group) is 1. The van der Waals surface area contributed by atoms with E-state index in [2.05, 4.69) is 40.6 Å². The Hall–Kier alpha value is -1.61. The first-order valence-corrected chi connectivity index (χ1v) is 10.7. The average molecular weight is 495 g/mol. The Morgan fingerprint density at radius 2 is 2.07 bits per heavy atom. The first-order valence-electron chi connectivity index (χ1n) is 9.59. The summed E-state index contributed by atoms with van der Waals surface area (Å²) in [6.07, 6.45) is 5.30. The lowest BCUT2D eigenvalue weighted by Gasteiger charge is -2.56. The monoisotopic (exact) mass is 495 g/mol. The molecule has 0 N–H and O–H groups in total. The molecule has 5 atom stereocenters. The number of carbonyl (C=O) groups excluding carboxylic acids is 2. The van der Waals surface area contributed by atoms with Crippen molar-refractivity contribution in [1.29, 1.82) is 0 Å². The minimum Gasteiger partial charge on any atom is -0.481 e. The van der Waals surface area contributed by atoms with Crippen LogP contribution < -0.4 is 9.47 Å². The lowest BCUT2D eigenvalue weighted by Crippen LogP contribution is -2.65.